The molecule has 0 radical (unpaired) electrons. The van der Waals surface area contributed by atoms with Gasteiger partial charge in [0.2, 0.25) is 0 Å². The maximum absolute atomic E-state index is 10.7. The third-order valence-corrected chi connectivity index (χ3v) is 2.33. The van der Waals surface area contributed by atoms with E-state index in [2.05, 4.69) is 15.2 Å². The average molecular weight is 229 g/mol. The standard InChI is InChI=1S/C10H7N5O2/c16-10(17)7-2-5-15(13-7)9-8-1-3-12-14(8)6-4-11-9/h1-6H,(H,16,17). The van der Waals surface area contributed by atoms with Gasteiger partial charge in [0.1, 0.15) is 5.52 Å². The topological polar surface area (TPSA) is 85.3 Å². The van der Waals surface area contributed by atoms with E-state index in [-0.39, 0.29) is 5.69 Å². The quantitative estimate of drug-likeness (QED) is 0.696. The Morgan fingerprint density at radius 1 is 1.24 bits per heavy atom. The minimum Gasteiger partial charge on any atom is -0.476 e. The number of hydrogen-bond donors (Lipinski definition) is 1. The van der Waals surface area contributed by atoms with Crippen molar-refractivity contribution < 1.29 is 9.90 Å². The van der Waals surface area contributed by atoms with E-state index in [0.717, 1.165) is 5.52 Å². The van der Waals surface area contributed by atoms with Crippen molar-refractivity contribution >= 4 is 11.5 Å². The first-order chi connectivity index (χ1) is 8.25. The van der Waals surface area contributed by atoms with Crippen molar-refractivity contribution in [1.29, 1.82) is 0 Å². The Kier molecular flexibility index (Phi) is 1.91. The first-order valence-corrected chi connectivity index (χ1v) is 4.83. The third-order valence-electron chi connectivity index (χ3n) is 2.33. The maximum atomic E-state index is 10.7. The van der Waals surface area contributed by atoms with E-state index in [1.165, 1.54) is 10.7 Å². The summed E-state index contributed by atoms with van der Waals surface area (Å²) in [6, 6.07) is 3.20. The van der Waals surface area contributed by atoms with Gasteiger partial charge in [-0.2, -0.15) is 10.2 Å². The van der Waals surface area contributed by atoms with Crippen LogP contribution >= 0.6 is 0 Å². The first kappa shape index (κ1) is 9.52. The van der Waals surface area contributed by atoms with Gasteiger partial charge < -0.3 is 5.11 Å². The fourth-order valence-electron chi connectivity index (χ4n) is 1.58. The summed E-state index contributed by atoms with van der Waals surface area (Å²) in [5.41, 5.74) is 0.737. The second-order valence-electron chi connectivity index (χ2n) is 3.36. The fraction of sp³-hybridized carbons (Fsp3) is 0. The molecule has 0 bridgehead atoms. The Labute approximate surface area is 94.9 Å². The number of nitrogens with zero attached hydrogens (tertiary/aromatic N) is 5. The van der Waals surface area contributed by atoms with E-state index in [1.807, 2.05) is 0 Å². The lowest BCUT2D eigenvalue weighted by molar-refractivity contribution is 0.0690. The molecule has 0 amide bonds. The molecule has 0 aromatic carbocycles. The van der Waals surface area contributed by atoms with E-state index in [1.54, 1.807) is 35.4 Å². The Morgan fingerprint density at radius 2 is 2.12 bits per heavy atom. The molecule has 0 atom stereocenters. The predicted molar refractivity (Wildman–Crippen MR) is 57.1 cm³/mol. The minimum atomic E-state index is -1.07. The van der Waals surface area contributed by atoms with Gasteiger partial charge in [0.15, 0.2) is 11.5 Å². The zero-order valence-corrected chi connectivity index (χ0v) is 8.56. The van der Waals surface area contributed by atoms with Crippen molar-refractivity contribution in [2.24, 2.45) is 0 Å². The molecule has 0 aliphatic heterocycles. The maximum Gasteiger partial charge on any atom is 0.356 e. The van der Waals surface area contributed by atoms with Crippen molar-refractivity contribution in [3.05, 3.63) is 42.6 Å². The summed E-state index contributed by atoms with van der Waals surface area (Å²) in [6.45, 7) is 0. The Bertz CT molecular complexity index is 699. The van der Waals surface area contributed by atoms with Crippen LogP contribution in [-0.2, 0) is 0 Å². The van der Waals surface area contributed by atoms with Crippen molar-refractivity contribution in [1.82, 2.24) is 24.4 Å². The highest BCUT2D eigenvalue weighted by molar-refractivity contribution is 5.85. The monoisotopic (exact) mass is 229 g/mol. The summed E-state index contributed by atoms with van der Waals surface area (Å²) in [5, 5.41) is 16.8. The molecule has 0 unspecified atom stereocenters. The number of aromatic carboxylic acids is 1. The highest BCUT2D eigenvalue weighted by atomic mass is 16.4. The largest absolute Gasteiger partial charge is 0.476 e. The summed E-state index contributed by atoms with van der Waals surface area (Å²) in [6.07, 6.45) is 6.48. The number of aromatic nitrogens is 5. The number of carboxylic acid groups (broad SMARTS) is 1. The number of rotatable bonds is 2. The Hall–Kier alpha value is -2.70. The van der Waals surface area contributed by atoms with Crippen LogP contribution in [-0.4, -0.2) is 35.5 Å². The molecule has 0 fully saturated rings. The number of carbonyl (C=O) groups is 1. The van der Waals surface area contributed by atoms with Gasteiger partial charge in [-0.3, -0.25) is 0 Å². The van der Waals surface area contributed by atoms with Crippen LogP contribution in [0, 0.1) is 0 Å². The summed E-state index contributed by atoms with van der Waals surface area (Å²) >= 11 is 0. The van der Waals surface area contributed by atoms with Crippen molar-refractivity contribution in [3.8, 4) is 5.82 Å². The molecule has 0 saturated carbocycles. The van der Waals surface area contributed by atoms with Gasteiger partial charge >= 0.3 is 5.97 Å². The number of fused-ring (bicyclic) bond motifs is 1. The molecule has 0 aliphatic carbocycles. The molecule has 3 aromatic heterocycles. The van der Waals surface area contributed by atoms with Gasteiger partial charge in [-0.25, -0.2) is 19.0 Å². The summed E-state index contributed by atoms with van der Waals surface area (Å²) in [5.74, 6) is -0.526. The molecule has 0 spiro atoms. The van der Waals surface area contributed by atoms with Crippen LogP contribution in [0.2, 0.25) is 0 Å². The van der Waals surface area contributed by atoms with Crippen LogP contribution in [0.15, 0.2) is 36.9 Å². The highest BCUT2D eigenvalue weighted by Crippen LogP contribution is 2.11. The van der Waals surface area contributed by atoms with Crippen LogP contribution in [0.3, 0.4) is 0 Å². The first-order valence-electron chi connectivity index (χ1n) is 4.83. The van der Waals surface area contributed by atoms with Crippen LogP contribution < -0.4 is 0 Å². The van der Waals surface area contributed by atoms with Crippen molar-refractivity contribution in [2.75, 3.05) is 0 Å². The average Bonchev–Trinajstić information content (AvgIpc) is 2.97. The van der Waals surface area contributed by atoms with Gasteiger partial charge in [-0.1, -0.05) is 0 Å². The van der Waals surface area contributed by atoms with Gasteiger partial charge in [-0.05, 0) is 12.1 Å². The lowest BCUT2D eigenvalue weighted by Crippen LogP contribution is -2.04. The molecule has 0 saturated heterocycles. The molecule has 17 heavy (non-hydrogen) atoms. The highest BCUT2D eigenvalue weighted by Gasteiger charge is 2.10. The Balaban J connectivity index is 2.19. The molecule has 7 heteroatoms. The molecule has 3 aromatic rings. The van der Waals surface area contributed by atoms with Crippen molar-refractivity contribution in [2.45, 2.75) is 0 Å². The Morgan fingerprint density at radius 3 is 2.88 bits per heavy atom. The molecule has 0 aliphatic rings. The number of carboxylic acids is 1. The molecule has 3 rings (SSSR count). The second-order valence-corrected chi connectivity index (χ2v) is 3.36. The van der Waals surface area contributed by atoms with Crippen molar-refractivity contribution in [3.63, 3.8) is 0 Å². The fourth-order valence-corrected chi connectivity index (χ4v) is 1.58. The van der Waals surface area contributed by atoms with E-state index < -0.39 is 5.97 Å². The minimum absolute atomic E-state index is 0.0201. The van der Waals surface area contributed by atoms with Gasteiger partial charge in [0.05, 0.1) is 6.20 Å². The molecule has 3 heterocycles. The third kappa shape index (κ3) is 1.44. The van der Waals surface area contributed by atoms with E-state index in [0.29, 0.717) is 5.82 Å². The van der Waals surface area contributed by atoms with Crippen LogP contribution in [0.1, 0.15) is 10.5 Å². The summed E-state index contributed by atoms with van der Waals surface area (Å²) in [4.78, 5) is 14.9. The lowest BCUT2D eigenvalue weighted by Gasteiger charge is -2.01. The van der Waals surface area contributed by atoms with Crippen LogP contribution in [0.4, 0.5) is 0 Å². The normalized spacial score (nSPS) is 10.8. The molecule has 84 valence electrons. The smallest absolute Gasteiger partial charge is 0.356 e. The number of hydrogen-bond acceptors (Lipinski definition) is 4. The molecule has 7 nitrogen and oxygen atoms in total. The van der Waals surface area contributed by atoms with Crippen LogP contribution in [0.5, 0.6) is 0 Å². The summed E-state index contributed by atoms with van der Waals surface area (Å²) < 4.78 is 3.06. The zero-order chi connectivity index (χ0) is 11.8. The zero-order valence-electron chi connectivity index (χ0n) is 8.56. The van der Waals surface area contributed by atoms with Crippen LogP contribution in [0.25, 0.3) is 11.3 Å². The predicted octanol–water partition coefficient (Wildman–Crippen LogP) is 0.613. The lowest BCUT2D eigenvalue weighted by atomic mass is 10.4. The summed E-state index contributed by atoms with van der Waals surface area (Å²) in [7, 11) is 0. The van der Waals surface area contributed by atoms with Gasteiger partial charge in [0.25, 0.3) is 0 Å². The van der Waals surface area contributed by atoms with E-state index in [4.69, 9.17) is 5.11 Å². The molecule has 1 N–H and O–H groups in total. The van der Waals surface area contributed by atoms with E-state index >= 15 is 0 Å². The van der Waals surface area contributed by atoms with Gasteiger partial charge in [-0.15, -0.1) is 0 Å². The SMILES string of the molecule is O=C(O)c1ccn(-c2nccn3nccc23)n1. The second kappa shape index (κ2) is 3.41. The molecular weight excluding hydrogens is 222 g/mol. The van der Waals surface area contributed by atoms with E-state index in [9.17, 15) is 4.79 Å². The van der Waals surface area contributed by atoms with Gasteiger partial charge in [0, 0.05) is 18.6 Å². The molecular formula is C10H7N5O2.